The highest BCUT2D eigenvalue weighted by Crippen LogP contribution is 2.23. The Kier molecular flexibility index (Phi) is 5.87. The topological polar surface area (TPSA) is 40.5 Å². The maximum Gasteiger partial charge on any atom is 0.326 e. The number of carbonyl (C=O) groups is 1. The molecule has 3 heteroatoms. The summed E-state index contributed by atoms with van der Waals surface area (Å²) in [5, 5.41) is 9.33. The lowest BCUT2D eigenvalue weighted by atomic mass is 10.0. The van der Waals surface area contributed by atoms with E-state index in [-0.39, 0.29) is 0 Å². The van der Waals surface area contributed by atoms with Gasteiger partial charge in [0, 0.05) is 12.2 Å². The second-order valence-corrected chi connectivity index (χ2v) is 5.20. The minimum atomic E-state index is -0.746. The van der Waals surface area contributed by atoms with Crippen LogP contribution in [-0.4, -0.2) is 23.7 Å². The Morgan fingerprint density at radius 3 is 2.16 bits per heavy atom. The summed E-state index contributed by atoms with van der Waals surface area (Å²) >= 11 is 0. The average molecular weight is 263 g/mol. The van der Waals surface area contributed by atoms with Gasteiger partial charge in [0.05, 0.1) is 0 Å². The van der Waals surface area contributed by atoms with E-state index >= 15 is 0 Å². The van der Waals surface area contributed by atoms with Gasteiger partial charge >= 0.3 is 5.97 Å². The number of aliphatic carboxylic acids is 1. The van der Waals surface area contributed by atoms with E-state index in [4.69, 9.17) is 0 Å². The van der Waals surface area contributed by atoms with Gasteiger partial charge in [-0.3, -0.25) is 0 Å². The summed E-state index contributed by atoms with van der Waals surface area (Å²) in [6.45, 7) is 9.08. The molecule has 0 spiro atoms. The fourth-order valence-corrected chi connectivity index (χ4v) is 2.28. The van der Waals surface area contributed by atoms with Gasteiger partial charge in [0.1, 0.15) is 6.04 Å². The first-order valence-corrected chi connectivity index (χ1v) is 7.10. The summed E-state index contributed by atoms with van der Waals surface area (Å²) in [5.74, 6) is -0.251. The molecule has 106 valence electrons. The van der Waals surface area contributed by atoms with Crippen molar-refractivity contribution in [1.82, 2.24) is 0 Å². The Bertz CT molecular complexity index is 398. The van der Waals surface area contributed by atoms with Gasteiger partial charge in [-0.25, -0.2) is 4.79 Å². The lowest BCUT2D eigenvalue weighted by molar-refractivity contribution is -0.138. The minimum absolute atomic E-state index is 0.440. The maximum atomic E-state index is 11.4. The Balaban J connectivity index is 3.01. The van der Waals surface area contributed by atoms with Gasteiger partial charge in [-0.1, -0.05) is 39.8 Å². The van der Waals surface area contributed by atoms with Crippen molar-refractivity contribution in [2.75, 3.05) is 11.4 Å². The van der Waals surface area contributed by atoms with Crippen LogP contribution in [0.2, 0.25) is 0 Å². The number of carboxylic acids is 1. The molecular weight excluding hydrogens is 238 g/mol. The fraction of sp³-hybridized carbons (Fsp3) is 0.562. The first kappa shape index (κ1) is 15.5. The number of anilines is 1. The van der Waals surface area contributed by atoms with Crippen LogP contribution < -0.4 is 4.90 Å². The van der Waals surface area contributed by atoms with Crippen molar-refractivity contribution in [2.24, 2.45) is 0 Å². The molecule has 0 radical (unpaired) electrons. The predicted octanol–water partition coefficient (Wildman–Crippen LogP) is 3.89. The lowest BCUT2D eigenvalue weighted by Crippen LogP contribution is -2.41. The zero-order valence-electron chi connectivity index (χ0n) is 12.4. The molecule has 1 unspecified atom stereocenters. The Hall–Kier alpha value is -1.51. The van der Waals surface area contributed by atoms with Crippen LogP contribution in [0.5, 0.6) is 0 Å². The first-order valence-electron chi connectivity index (χ1n) is 7.10. The molecule has 1 aromatic rings. The van der Waals surface area contributed by atoms with Crippen molar-refractivity contribution < 1.29 is 9.90 Å². The van der Waals surface area contributed by atoms with E-state index in [1.807, 2.05) is 24.0 Å². The van der Waals surface area contributed by atoms with E-state index in [2.05, 4.69) is 32.9 Å². The number of rotatable bonds is 7. The van der Waals surface area contributed by atoms with Gasteiger partial charge in [-0.2, -0.15) is 0 Å². The van der Waals surface area contributed by atoms with Crippen LogP contribution in [-0.2, 0) is 4.79 Å². The van der Waals surface area contributed by atoms with Crippen molar-refractivity contribution in [3.05, 3.63) is 29.8 Å². The Morgan fingerprint density at radius 2 is 1.79 bits per heavy atom. The second kappa shape index (κ2) is 7.17. The molecule has 0 aliphatic carbocycles. The Morgan fingerprint density at radius 1 is 1.21 bits per heavy atom. The maximum absolute atomic E-state index is 11.4. The monoisotopic (exact) mass is 263 g/mol. The number of hydrogen-bond donors (Lipinski definition) is 1. The zero-order chi connectivity index (χ0) is 14.4. The van der Waals surface area contributed by atoms with Crippen LogP contribution in [0.15, 0.2) is 24.3 Å². The van der Waals surface area contributed by atoms with Crippen molar-refractivity contribution in [1.29, 1.82) is 0 Å². The van der Waals surface area contributed by atoms with Crippen LogP contribution >= 0.6 is 0 Å². The van der Waals surface area contributed by atoms with E-state index < -0.39 is 12.0 Å². The van der Waals surface area contributed by atoms with Crippen LogP contribution in [0.3, 0.4) is 0 Å². The van der Waals surface area contributed by atoms with Crippen molar-refractivity contribution in [2.45, 2.75) is 52.5 Å². The summed E-state index contributed by atoms with van der Waals surface area (Å²) in [5.41, 5.74) is 2.28. The van der Waals surface area contributed by atoms with E-state index in [0.717, 1.165) is 18.7 Å². The van der Waals surface area contributed by atoms with Crippen molar-refractivity contribution >= 4 is 11.7 Å². The molecule has 0 saturated heterocycles. The van der Waals surface area contributed by atoms with E-state index in [1.165, 1.54) is 5.56 Å². The summed E-state index contributed by atoms with van der Waals surface area (Å²) in [6, 6.07) is 7.83. The van der Waals surface area contributed by atoms with Crippen molar-refractivity contribution in [3.8, 4) is 0 Å². The van der Waals surface area contributed by atoms with Crippen LogP contribution in [0.25, 0.3) is 0 Å². The zero-order valence-corrected chi connectivity index (χ0v) is 12.4. The lowest BCUT2D eigenvalue weighted by Gasteiger charge is -2.30. The molecule has 0 aromatic heterocycles. The largest absolute Gasteiger partial charge is 0.480 e. The van der Waals surface area contributed by atoms with E-state index in [9.17, 15) is 9.90 Å². The summed E-state index contributed by atoms with van der Waals surface area (Å²) < 4.78 is 0. The van der Waals surface area contributed by atoms with Gasteiger partial charge in [0.2, 0.25) is 0 Å². The SMILES string of the molecule is CCCN(c1ccc(C(C)C)cc1)C(CC)C(=O)O. The first-order chi connectivity index (χ1) is 9.01. The van der Waals surface area contributed by atoms with Crippen LogP contribution in [0.1, 0.15) is 52.0 Å². The van der Waals surface area contributed by atoms with Gasteiger partial charge in [-0.15, -0.1) is 0 Å². The molecule has 1 rings (SSSR count). The molecule has 0 amide bonds. The summed E-state index contributed by atoms with van der Waals surface area (Å²) in [6.07, 6.45) is 1.55. The minimum Gasteiger partial charge on any atom is -0.480 e. The van der Waals surface area contributed by atoms with Crippen LogP contribution in [0, 0.1) is 0 Å². The van der Waals surface area contributed by atoms with Gasteiger partial charge in [0.25, 0.3) is 0 Å². The standard InChI is InChI=1S/C16H25NO2/c1-5-11-17(15(6-2)16(18)19)14-9-7-13(8-10-14)12(3)4/h7-10,12,15H,5-6,11H2,1-4H3,(H,18,19). The third-order valence-electron chi connectivity index (χ3n) is 3.40. The molecule has 0 fully saturated rings. The molecule has 19 heavy (non-hydrogen) atoms. The highest BCUT2D eigenvalue weighted by Gasteiger charge is 2.23. The highest BCUT2D eigenvalue weighted by molar-refractivity contribution is 5.78. The number of benzene rings is 1. The molecular formula is C16H25NO2. The van der Waals surface area contributed by atoms with Gasteiger partial charge < -0.3 is 10.0 Å². The molecule has 0 aliphatic heterocycles. The Labute approximate surface area is 116 Å². The smallest absolute Gasteiger partial charge is 0.326 e. The highest BCUT2D eigenvalue weighted by atomic mass is 16.4. The summed E-state index contributed by atoms with van der Waals surface area (Å²) in [4.78, 5) is 13.3. The molecule has 1 N–H and O–H groups in total. The summed E-state index contributed by atoms with van der Waals surface area (Å²) in [7, 11) is 0. The van der Waals surface area contributed by atoms with E-state index in [1.54, 1.807) is 0 Å². The van der Waals surface area contributed by atoms with E-state index in [0.29, 0.717) is 12.3 Å². The predicted molar refractivity (Wildman–Crippen MR) is 79.9 cm³/mol. The van der Waals surface area contributed by atoms with Crippen LogP contribution in [0.4, 0.5) is 5.69 Å². The molecule has 1 atom stereocenters. The number of hydrogen-bond acceptors (Lipinski definition) is 2. The second-order valence-electron chi connectivity index (χ2n) is 5.20. The number of nitrogens with zero attached hydrogens (tertiary/aromatic N) is 1. The average Bonchev–Trinajstić information content (AvgIpc) is 2.38. The van der Waals surface area contributed by atoms with Gasteiger partial charge in [-0.05, 0) is 36.5 Å². The molecule has 0 aliphatic rings. The normalized spacial score (nSPS) is 12.5. The molecule has 0 heterocycles. The molecule has 3 nitrogen and oxygen atoms in total. The fourth-order valence-electron chi connectivity index (χ4n) is 2.28. The number of carboxylic acid groups (broad SMARTS) is 1. The van der Waals surface area contributed by atoms with Gasteiger partial charge in [0.15, 0.2) is 0 Å². The van der Waals surface area contributed by atoms with Crippen molar-refractivity contribution in [3.63, 3.8) is 0 Å². The molecule has 0 saturated carbocycles. The molecule has 1 aromatic carbocycles. The third-order valence-corrected chi connectivity index (χ3v) is 3.40. The third kappa shape index (κ3) is 3.98. The quantitative estimate of drug-likeness (QED) is 0.811. The molecule has 0 bridgehead atoms.